The summed E-state index contributed by atoms with van der Waals surface area (Å²) >= 11 is 0. The molecule has 1 heterocycles. The maximum atomic E-state index is 10.4. The number of rotatable bonds is 1. The van der Waals surface area contributed by atoms with E-state index in [-0.39, 0.29) is 11.5 Å². The van der Waals surface area contributed by atoms with Crippen LogP contribution in [0.15, 0.2) is 0 Å². The maximum Gasteiger partial charge on any atom is 0.321 e. The Morgan fingerprint density at radius 3 is 2.44 bits per heavy atom. The molecule has 3 heteroatoms. The Kier molecular flexibility index (Phi) is 0.750. The molecule has 1 atom stereocenters. The molecule has 9 heavy (non-hydrogen) atoms. The minimum absolute atomic E-state index is 0.200. The third-order valence-corrected chi connectivity index (χ3v) is 2.41. The highest BCUT2D eigenvalue weighted by Crippen LogP contribution is 2.53. The third-order valence-electron chi connectivity index (χ3n) is 2.41. The summed E-state index contributed by atoms with van der Waals surface area (Å²) in [5.74, 6) is -0.682. The van der Waals surface area contributed by atoms with E-state index in [4.69, 9.17) is 5.11 Å². The molecule has 0 radical (unpaired) electrons. The van der Waals surface area contributed by atoms with Gasteiger partial charge in [0.05, 0.1) is 0 Å². The van der Waals surface area contributed by atoms with Crippen LogP contribution in [0.5, 0.6) is 0 Å². The Morgan fingerprint density at radius 1 is 1.67 bits per heavy atom. The van der Waals surface area contributed by atoms with Gasteiger partial charge in [-0.1, -0.05) is 0 Å². The fourth-order valence-electron chi connectivity index (χ4n) is 1.47. The van der Waals surface area contributed by atoms with Crippen molar-refractivity contribution in [3.63, 3.8) is 0 Å². The van der Waals surface area contributed by atoms with E-state index in [1.807, 2.05) is 0 Å². The van der Waals surface area contributed by atoms with E-state index < -0.39 is 5.97 Å². The van der Waals surface area contributed by atoms with Gasteiger partial charge in [0.2, 0.25) is 0 Å². The first-order chi connectivity index (χ1) is 4.25. The van der Waals surface area contributed by atoms with Crippen LogP contribution >= 0.6 is 0 Å². The molecule has 3 nitrogen and oxygen atoms in total. The molecule has 0 bridgehead atoms. The first-order valence-electron chi connectivity index (χ1n) is 3.21. The van der Waals surface area contributed by atoms with Gasteiger partial charge in [0.25, 0.3) is 0 Å². The fraction of sp³-hybridized carbons (Fsp3) is 0.833. The van der Waals surface area contributed by atoms with Crippen LogP contribution in [0, 0.1) is 5.41 Å². The molecule has 0 aromatic carbocycles. The van der Waals surface area contributed by atoms with Gasteiger partial charge in [-0.15, -0.1) is 0 Å². The number of carboxylic acids is 1. The zero-order chi connectivity index (χ0) is 6.48. The van der Waals surface area contributed by atoms with Crippen LogP contribution in [0.2, 0.25) is 0 Å². The predicted molar refractivity (Wildman–Crippen MR) is 31.1 cm³/mol. The van der Waals surface area contributed by atoms with Crippen molar-refractivity contribution in [1.29, 1.82) is 0 Å². The summed E-state index contributed by atoms with van der Waals surface area (Å²) in [6, 6.07) is -0.225. The minimum atomic E-state index is -0.682. The molecule has 2 fully saturated rings. The Morgan fingerprint density at radius 2 is 2.33 bits per heavy atom. The smallest absolute Gasteiger partial charge is 0.321 e. The number of nitrogens with one attached hydrogen (secondary N) is 1. The van der Waals surface area contributed by atoms with Gasteiger partial charge in [0.15, 0.2) is 0 Å². The highest BCUT2D eigenvalue weighted by Gasteiger charge is 2.58. The van der Waals surface area contributed by atoms with E-state index in [2.05, 4.69) is 5.32 Å². The van der Waals surface area contributed by atoms with E-state index in [0.29, 0.717) is 0 Å². The molecule has 0 aromatic heterocycles. The predicted octanol–water partition coefficient (Wildman–Crippen LogP) is -0.177. The van der Waals surface area contributed by atoms with Crippen LogP contribution in [0.3, 0.4) is 0 Å². The average molecular weight is 127 g/mol. The highest BCUT2D eigenvalue weighted by atomic mass is 16.4. The van der Waals surface area contributed by atoms with Crippen molar-refractivity contribution in [3.05, 3.63) is 0 Å². The van der Waals surface area contributed by atoms with Crippen molar-refractivity contribution < 1.29 is 9.90 Å². The fourth-order valence-corrected chi connectivity index (χ4v) is 1.47. The molecule has 1 saturated carbocycles. The lowest BCUT2D eigenvalue weighted by Crippen LogP contribution is -2.59. The van der Waals surface area contributed by atoms with Crippen molar-refractivity contribution in [3.8, 4) is 0 Å². The van der Waals surface area contributed by atoms with Gasteiger partial charge in [-0.05, 0) is 12.8 Å². The van der Waals surface area contributed by atoms with Gasteiger partial charge >= 0.3 is 5.97 Å². The molecule has 2 N–H and O–H groups in total. The van der Waals surface area contributed by atoms with Gasteiger partial charge in [0, 0.05) is 12.0 Å². The second kappa shape index (κ2) is 1.29. The van der Waals surface area contributed by atoms with E-state index in [1.54, 1.807) is 0 Å². The molecule has 0 amide bonds. The first kappa shape index (κ1) is 5.23. The second-order valence-corrected chi connectivity index (χ2v) is 3.01. The van der Waals surface area contributed by atoms with Crippen molar-refractivity contribution in [2.45, 2.75) is 18.9 Å². The largest absolute Gasteiger partial charge is 0.480 e. The quantitative estimate of drug-likeness (QED) is 0.514. The first-order valence-corrected chi connectivity index (χ1v) is 3.21. The van der Waals surface area contributed by atoms with E-state index in [9.17, 15) is 4.79 Å². The normalized spacial score (nSPS) is 35.8. The molecule has 1 aliphatic carbocycles. The molecule has 1 aliphatic heterocycles. The van der Waals surface area contributed by atoms with Crippen LogP contribution in [-0.2, 0) is 4.79 Å². The lowest BCUT2D eigenvalue weighted by molar-refractivity contribution is -0.144. The monoisotopic (exact) mass is 127 g/mol. The molecule has 1 unspecified atom stereocenters. The van der Waals surface area contributed by atoms with Gasteiger partial charge in [-0.25, -0.2) is 0 Å². The van der Waals surface area contributed by atoms with Gasteiger partial charge in [0.1, 0.15) is 6.04 Å². The Bertz CT molecular complexity index is 162. The molecule has 2 rings (SSSR count). The zero-order valence-corrected chi connectivity index (χ0v) is 5.05. The number of aliphatic carboxylic acids is 1. The van der Waals surface area contributed by atoms with Crippen molar-refractivity contribution in [2.24, 2.45) is 5.41 Å². The van der Waals surface area contributed by atoms with E-state index in [0.717, 1.165) is 19.4 Å². The van der Waals surface area contributed by atoms with Crippen LogP contribution in [0.1, 0.15) is 12.8 Å². The van der Waals surface area contributed by atoms with Crippen LogP contribution in [0.4, 0.5) is 0 Å². The topological polar surface area (TPSA) is 49.3 Å². The van der Waals surface area contributed by atoms with Gasteiger partial charge < -0.3 is 10.4 Å². The summed E-state index contributed by atoms with van der Waals surface area (Å²) in [7, 11) is 0. The summed E-state index contributed by atoms with van der Waals surface area (Å²) in [6.45, 7) is 0.921. The molecule has 1 spiro atoms. The lowest BCUT2D eigenvalue weighted by atomic mass is 9.88. The van der Waals surface area contributed by atoms with E-state index >= 15 is 0 Å². The van der Waals surface area contributed by atoms with Crippen molar-refractivity contribution in [2.75, 3.05) is 6.54 Å². The molecule has 50 valence electrons. The summed E-state index contributed by atoms with van der Waals surface area (Å²) in [5.41, 5.74) is 0.200. The highest BCUT2D eigenvalue weighted by molar-refractivity contribution is 5.77. The third kappa shape index (κ3) is 0.525. The SMILES string of the molecule is O=C(O)C1NCC12CC2. The number of hydrogen-bond donors (Lipinski definition) is 2. The van der Waals surface area contributed by atoms with Gasteiger partial charge in [-0.2, -0.15) is 0 Å². The summed E-state index contributed by atoms with van der Waals surface area (Å²) in [4.78, 5) is 10.4. The zero-order valence-electron chi connectivity index (χ0n) is 5.05. The summed E-state index contributed by atoms with van der Waals surface area (Å²) in [5, 5.41) is 11.4. The molecule has 2 aliphatic rings. The van der Waals surface area contributed by atoms with Crippen LogP contribution < -0.4 is 5.32 Å². The Balaban J connectivity index is 2.07. The standard InChI is InChI=1S/C6H9NO2/c8-5(9)4-6(1-2-6)3-7-4/h4,7H,1-3H2,(H,8,9). The summed E-state index contributed by atoms with van der Waals surface area (Å²) in [6.07, 6.45) is 2.22. The average Bonchev–Trinajstić information content (AvgIpc) is 2.37. The Labute approximate surface area is 53.1 Å². The Hall–Kier alpha value is -0.570. The summed E-state index contributed by atoms with van der Waals surface area (Å²) < 4.78 is 0. The number of carbonyl (C=O) groups is 1. The van der Waals surface area contributed by atoms with Gasteiger partial charge in [-0.3, -0.25) is 4.79 Å². The van der Waals surface area contributed by atoms with E-state index in [1.165, 1.54) is 0 Å². The van der Waals surface area contributed by atoms with Crippen molar-refractivity contribution >= 4 is 5.97 Å². The molecule has 0 aromatic rings. The molecular weight excluding hydrogens is 118 g/mol. The second-order valence-electron chi connectivity index (χ2n) is 3.01. The molecular formula is C6H9NO2. The van der Waals surface area contributed by atoms with Crippen LogP contribution in [-0.4, -0.2) is 23.7 Å². The minimum Gasteiger partial charge on any atom is -0.480 e. The van der Waals surface area contributed by atoms with Crippen LogP contribution in [0.25, 0.3) is 0 Å². The molecule has 1 saturated heterocycles. The maximum absolute atomic E-state index is 10.4. The van der Waals surface area contributed by atoms with Crippen molar-refractivity contribution in [1.82, 2.24) is 5.32 Å². The lowest BCUT2D eigenvalue weighted by Gasteiger charge is -2.35. The number of hydrogen-bond acceptors (Lipinski definition) is 2. The number of carboxylic acid groups (broad SMARTS) is 1.